The monoisotopic (exact) mass is 361 g/mol. The molecular formula is C20H24ClNO3. The Balaban J connectivity index is 1.77. The fourth-order valence-corrected chi connectivity index (χ4v) is 3.63. The molecule has 0 aliphatic carbocycles. The Labute approximate surface area is 153 Å². The van der Waals surface area contributed by atoms with Gasteiger partial charge < -0.3 is 14.6 Å². The maximum Gasteiger partial charge on any atom is 0.127 e. The second-order valence-corrected chi connectivity index (χ2v) is 6.76. The van der Waals surface area contributed by atoms with Gasteiger partial charge in [0, 0.05) is 29.2 Å². The number of halogens is 1. The van der Waals surface area contributed by atoms with Crippen molar-refractivity contribution in [3.05, 3.63) is 58.6 Å². The van der Waals surface area contributed by atoms with Gasteiger partial charge in [0.25, 0.3) is 0 Å². The fraction of sp³-hybridized carbons (Fsp3) is 0.400. The molecule has 1 saturated heterocycles. The van der Waals surface area contributed by atoms with Crippen LogP contribution in [-0.4, -0.2) is 37.3 Å². The molecule has 2 atom stereocenters. The highest BCUT2D eigenvalue weighted by Gasteiger charge is 2.30. The Bertz CT molecular complexity index is 705. The lowest BCUT2D eigenvalue weighted by molar-refractivity contribution is 0.105. The van der Waals surface area contributed by atoms with Crippen molar-refractivity contribution in [1.29, 1.82) is 0 Å². The number of benzene rings is 2. The molecule has 134 valence electrons. The number of hydrogen-bond acceptors (Lipinski definition) is 4. The van der Waals surface area contributed by atoms with Crippen LogP contribution in [0.15, 0.2) is 42.5 Å². The smallest absolute Gasteiger partial charge is 0.127 e. The lowest BCUT2D eigenvalue weighted by Gasteiger charge is -2.28. The van der Waals surface area contributed by atoms with Crippen LogP contribution in [0.3, 0.4) is 0 Å². The van der Waals surface area contributed by atoms with Crippen molar-refractivity contribution < 1.29 is 14.6 Å². The lowest BCUT2D eigenvalue weighted by atomic mass is 10.0. The lowest BCUT2D eigenvalue weighted by Crippen LogP contribution is -2.28. The molecule has 0 bridgehead atoms. The van der Waals surface area contributed by atoms with Gasteiger partial charge in [0.2, 0.25) is 0 Å². The number of hydrogen-bond donors (Lipinski definition) is 1. The highest BCUT2D eigenvalue weighted by molar-refractivity contribution is 6.30. The molecule has 1 aliphatic rings. The number of nitrogens with zero attached hydrogens (tertiary/aromatic N) is 1. The van der Waals surface area contributed by atoms with Gasteiger partial charge in [-0.15, -0.1) is 0 Å². The summed E-state index contributed by atoms with van der Waals surface area (Å²) in [4.78, 5) is 2.32. The zero-order valence-electron chi connectivity index (χ0n) is 14.6. The Morgan fingerprint density at radius 3 is 2.60 bits per heavy atom. The van der Waals surface area contributed by atoms with Crippen molar-refractivity contribution in [3.63, 3.8) is 0 Å². The van der Waals surface area contributed by atoms with Crippen LogP contribution >= 0.6 is 11.6 Å². The van der Waals surface area contributed by atoms with Crippen LogP contribution < -0.4 is 9.47 Å². The SMILES string of the molecule is COc1ccc([C@@H]2CCCN2C[C@@H](O)c2ccc(Cl)cc2)c(OC)c1. The van der Waals surface area contributed by atoms with Gasteiger partial charge in [0.1, 0.15) is 11.5 Å². The maximum atomic E-state index is 10.6. The molecule has 2 aromatic carbocycles. The molecule has 0 saturated carbocycles. The summed E-state index contributed by atoms with van der Waals surface area (Å²) in [6.45, 7) is 1.55. The molecule has 25 heavy (non-hydrogen) atoms. The summed E-state index contributed by atoms with van der Waals surface area (Å²) < 4.78 is 10.9. The number of aliphatic hydroxyl groups is 1. The van der Waals surface area contributed by atoms with Gasteiger partial charge in [-0.2, -0.15) is 0 Å². The Kier molecular flexibility index (Phi) is 5.84. The molecule has 3 rings (SSSR count). The second-order valence-electron chi connectivity index (χ2n) is 6.33. The minimum absolute atomic E-state index is 0.239. The van der Waals surface area contributed by atoms with Gasteiger partial charge in [0.05, 0.1) is 20.3 Å². The zero-order valence-corrected chi connectivity index (χ0v) is 15.4. The van der Waals surface area contributed by atoms with Crippen LogP contribution in [0.2, 0.25) is 5.02 Å². The summed E-state index contributed by atoms with van der Waals surface area (Å²) in [7, 11) is 3.33. The van der Waals surface area contributed by atoms with Crippen LogP contribution in [0, 0.1) is 0 Å². The van der Waals surface area contributed by atoms with Crippen molar-refractivity contribution in [2.75, 3.05) is 27.3 Å². The predicted molar refractivity (Wildman–Crippen MR) is 99.5 cm³/mol. The Hall–Kier alpha value is -1.75. The third-order valence-corrected chi connectivity index (χ3v) is 5.08. The van der Waals surface area contributed by atoms with E-state index in [1.165, 1.54) is 0 Å². The van der Waals surface area contributed by atoms with E-state index >= 15 is 0 Å². The van der Waals surface area contributed by atoms with Gasteiger partial charge in [-0.25, -0.2) is 0 Å². The number of rotatable bonds is 6. The van der Waals surface area contributed by atoms with Gasteiger partial charge in [-0.05, 0) is 43.1 Å². The van der Waals surface area contributed by atoms with Crippen molar-refractivity contribution >= 4 is 11.6 Å². The standard InChI is InChI=1S/C20H24ClNO3/c1-24-16-9-10-17(20(12-16)25-2)18-4-3-11-22(18)13-19(23)14-5-7-15(21)8-6-14/h5-10,12,18-19,23H,3-4,11,13H2,1-2H3/t18-,19+/m0/s1. The summed E-state index contributed by atoms with van der Waals surface area (Å²) in [6, 6.07) is 13.6. The highest BCUT2D eigenvalue weighted by atomic mass is 35.5. The quantitative estimate of drug-likeness (QED) is 0.836. The molecule has 0 aromatic heterocycles. The second kappa shape index (κ2) is 8.09. The first kappa shape index (κ1) is 18.1. The van der Waals surface area contributed by atoms with Crippen molar-refractivity contribution in [2.24, 2.45) is 0 Å². The van der Waals surface area contributed by atoms with E-state index in [1.54, 1.807) is 14.2 Å². The first-order valence-electron chi connectivity index (χ1n) is 8.52. The molecule has 1 fully saturated rings. The number of aliphatic hydroxyl groups excluding tert-OH is 1. The molecule has 1 N–H and O–H groups in total. The summed E-state index contributed by atoms with van der Waals surface area (Å²) in [5.74, 6) is 1.61. The van der Waals surface area contributed by atoms with Crippen molar-refractivity contribution in [1.82, 2.24) is 4.90 Å². The molecule has 5 heteroatoms. The number of likely N-dealkylation sites (tertiary alicyclic amines) is 1. The normalized spacial score (nSPS) is 19.0. The van der Waals surface area contributed by atoms with E-state index in [0.29, 0.717) is 11.6 Å². The van der Waals surface area contributed by atoms with Crippen LogP contribution in [0.25, 0.3) is 0 Å². The number of ether oxygens (including phenoxy) is 2. The van der Waals surface area contributed by atoms with Crippen LogP contribution in [0.4, 0.5) is 0 Å². The van der Waals surface area contributed by atoms with E-state index in [4.69, 9.17) is 21.1 Å². The molecule has 1 heterocycles. The number of methoxy groups -OCH3 is 2. The van der Waals surface area contributed by atoms with E-state index in [9.17, 15) is 5.11 Å². The van der Waals surface area contributed by atoms with E-state index in [2.05, 4.69) is 11.0 Å². The van der Waals surface area contributed by atoms with E-state index in [-0.39, 0.29) is 6.04 Å². The van der Waals surface area contributed by atoms with Crippen LogP contribution in [-0.2, 0) is 0 Å². The predicted octanol–water partition coefficient (Wildman–Crippen LogP) is 4.23. The van der Waals surface area contributed by atoms with E-state index in [0.717, 1.165) is 42.0 Å². The molecule has 2 aromatic rings. The van der Waals surface area contributed by atoms with Gasteiger partial charge in [-0.1, -0.05) is 29.8 Å². The molecule has 0 unspecified atom stereocenters. The maximum absolute atomic E-state index is 10.6. The summed E-state index contributed by atoms with van der Waals surface area (Å²) in [6.07, 6.45) is 1.62. The topological polar surface area (TPSA) is 41.9 Å². The van der Waals surface area contributed by atoms with Crippen LogP contribution in [0.1, 0.15) is 36.1 Å². The average molecular weight is 362 g/mol. The van der Waals surface area contributed by atoms with Gasteiger partial charge in [-0.3, -0.25) is 4.90 Å². The molecule has 0 amide bonds. The molecule has 0 spiro atoms. The first-order valence-corrected chi connectivity index (χ1v) is 8.89. The molecule has 0 radical (unpaired) electrons. The van der Waals surface area contributed by atoms with Crippen molar-refractivity contribution in [3.8, 4) is 11.5 Å². The first-order chi connectivity index (χ1) is 12.1. The zero-order chi connectivity index (χ0) is 17.8. The molecular weight excluding hydrogens is 338 g/mol. The third-order valence-electron chi connectivity index (χ3n) is 4.83. The molecule has 4 nitrogen and oxygen atoms in total. The van der Waals surface area contributed by atoms with E-state index < -0.39 is 6.10 Å². The minimum atomic E-state index is -0.540. The van der Waals surface area contributed by atoms with Gasteiger partial charge >= 0.3 is 0 Å². The Morgan fingerprint density at radius 1 is 1.16 bits per heavy atom. The largest absolute Gasteiger partial charge is 0.497 e. The van der Waals surface area contributed by atoms with Crippen molar-refractivity contribution in [2.45, 2.75) is 25.0 Å². The third kappa shape index (κ3) is 4.09. The summed E-state index contributed by atoms with van der Waals surface area (Å²) >= 11 is 5.93. The summed E-state index contributed by atoms with van der Waals surface area (Å²) in [5.41, 5.74) is 2.03. The highest BCUT2D eigenvalue weighted by Crippen LogP contribution is 2.39. The van der Waals surface area contributed by atoms with E-state index in [1.807, 2.05) is 36.4 Å². The fourth-order valence-electron chi connectivity index (χ4n) is 3.50. The van der Waals surface area contributed by atoms with Crippen LogP contribution in [0.5, 0.6) is 11.5 Å². The summed E-state index contributed by atoms with van der Waals surface area (Å²) in [5, 5.41) is 11.3. The Morgan fingerprint density at radius 2 is 1.92 bits per heavy atom. The number of β-amino-alcohol motifs (C(OH)–C–C–N with tert-alkyl or cyclic N) is 1. The average Bonchev–Trinajstić information content (AvgIpc) is 3.09. The molecule has 1 aliphatic heterocycles. The van der Waals surface area contributed by atoms with Gasteiger partial charge in [0.15, 0.2) is 0 Å². The minimum Gasteiger partial charge on any atom is -0.497 e.